The molecular formula is C24H29Cl2N3O2. The second kappa shape index (κ2) is 10.7. The number of hydrogen-bond acceptors (Lipinski definition) is 4. The first-order valence-electron chi connectivity index (χ1n) is 11.0. The third kappa shape index (κ3) is 5.92. The third-order valence-corrected chi connectivity index (χ3v) is 6.74. The number of ether oxygens (including phenoxy) is 1. The van der Waals surface area contributed by atoms with Crippen LogP contribution in [-0.2, 0) is 0 Å². The predicted molar refractivity (Wildman–Crippen MR) is 125 cm³/mol. The summed E-state index contributed by atoms with van der Waals surface area (Å²) in [7, 11) is 0. The van der Waals surface area contributed by atoms with Crippen molar-refractivity contribution in [2.45, 2.75) is 18.9 Å². The van der Waals surface area contributed by atoms with E-state index in [1.165, 1.54) is 0 Å². The van der Waals surface area contributed by atoms with Crippen LogP contribution in [-0.4, -0.2) is 79.1 Å². The van der Waals surface area contributed by atoms with Gasteiger partial charge in [0.25, 0.3) is 5.91 Å². The molecule has 1 amide bonds. The van der Waals surface area contributed by atoms with Gasteiger partial charge in [0.2, 0.25) is 0 Å². The lowest BCUT2D eigenvalue weighted by molar-refractivity contribution is 0.0399. The van der Waals surface area contributed by atoms with Gasteiger partial charge in [-0.3, -0.25) is 14.6 Å². The van der Waals surface area contributed by atoms with Crippen LogP contribution in [0.3, 0.4) is 0 Å². The number of para-hydroxylation sites is 1. The molecule has 0 N–H and O–H groups in total. The number of carbonyl (C=O) groups is 1. The number of rotatable bonds is 6. The molecule has 7 heteroatoms. The molecule has 0 aromatic heterocycles. The van der Waals surface area contributed by atoms with Crippen molar-refractivity contribution in [1.29, 1.82) is 0 Å². The molecule has 31 heavy (non-hydrogen) atoms. The van der Waals surface area contributed by atoms with Crippen molar-refractivity contribution in [3.05, 3.63) is 64.1 Å². The first kappa shape index (κ1) is 22.4. The largest absolute Gasteiger partial charge is 0.492 e. The topological polar surface area (TPSA) is 36.0 Å². The molecule has 5 nitrogen and oxygen atoms in total. The maximum Gasteiger partial charge on any atom is 0.255 e. The maximum absolute atomic E-state index is 13.0. The average molecular weight is 462 g/mol. The molecule has 2 aliphatic rings. The minimum atomic E-state index is 0.00284. The molecule has 4 rings (SSSR count). The fourth-order valence-electron chi connectivity index (χ4n) is 4.43. The molecule has 1 unspecified atom stereocenters. The summed E-state index contributed by atoms with van der Waals surface area (Å²) in [5, 5.41) is 0.969. The van der Waals surface area contributed by atoms with Gasteiger partial charge in [-0.25, -0.2) is 0 Å². The number of carbonyl (C=O) groups excluding carboxylic acids is 1. The van der Waals surface area contributed by atoms with Gasteiger partial charge < -0.3 is 9.64 Å². The van der Waals surface area contributed by atoms with Crippen LogP contribution in [0.2, 0.25) is 10.0 Å². The van der Waals surface area contributed by atoms with E-state index in [0.29, 0.717) is 28.3 Å². The second-order valence-electron chi connectivity index (χ2n) is 8.21. The molecule has 0 aliphatic carbocycles. The predicted octanol–water partition coefficient (Wildman–Crippen LogP) is 4.29. The van der Waals surface area contributed by atoms with Gasteiger partial charge >= 0.3 is 0 Å². The van der Waals surface area contributed by atoms with Gasteiger partial charge in [-0.2, -0.15) is 0 Å². The first-order valence-corrected chi connectivity index (χ1v) is 11.7. The third-order valence-electron chi connectivity index (χ3n) is 6.19. The number of likely N-dealkylation sites (tertiary alicyclic amines) is 1. The van der Waals surface area contributed by atoms with Crippen molar-refractivity contribution < 1.29 is 9.53 Å². The highest BCUT2D eigenvalue weighted by Crippen LogP contribution is 2.25. The lowest BCUT2D eigenvalue weighted by Crippen LogP contribution is -2.56. The van der Waals surface area contributed by atoms with E-state index in [2.05, 4.69) is 9.80 Å². The van der Waals surface area contributed by atoms with E-state index in [1.807, 2.05) is 35.2 Å². The zero-order valence-electron chi connectivity index (χ0n) is 17.7. The smallest absolute Gasteiger partial charge is 0.255 e. The van der Waals surface area contributed by atoms with Crippen LogP contribution in [0.4, 0.5) is 0 Å². The number of hydrogen-bond donors (Lipinski definition) is 0. The van der Waals surface area contributed by atoms with Crippen molar-refractivity contribution >= 4 is 29.1 Å². The Morgan fingerprint density at radius 3 is 2.52 bits per heavy atom. The van der Waals surface area contributed by atoms with Crippen molar-refractivity contribution in [2.24, 2.45) is 0 Å². The highest BCUT2D eigenvalue weighted by atomic mass is 35.5. The molecule has 166 valence electrons. The quantitative estimate of drug-likeness (QED) is 0.642. The molecular weight excluding hydrogens is 433 g/mol. The minimum Gasteiger partial charge on any atom is -0.492 e. The van der Waals surface area contributed by atoms with E-state index in [4.69, 9.17) is 27.9 Å². The number of piperazine rings is 1. The Balaban J connectivity index is 1.24. The van der Waals surface area contributed by atoms with E-state index in [0.717, 1.165) is 64.4 Å². The lowest BCUT2D eigenvalue weighted by atomic mass is 10.0. The second-order valence-corrected chi connectivity index (χ2v) is 9.05. The summed E-state index contributed by atoms with van der Waals surface area (Å²) in [4.78, 5) is 19.9. The normalized spacial score (nSPS) is 20.6. The Kier molecular flexibility index (Phi) is 7.72. The lowest BCUT2D eigenvalue weighted by Gasteiger charge is -2.43. The van der Waals surface area contributed by atoms with Gasteiger partial charge in [0, 0.05) is 56.9 Å². The standard InChI is InChI=1S/C24H29Cl2N3O2/c25-19-8-9-22(23(26)17-19)24(30)29-10-4-5-20(18-29)28-13-11-27(12-14-28)15-16-31-21-6-2-1-3-7-21/h1-3,6-9,17,20H,4-5,10-16,18H2. The highest BCUT2D eigenvalue weighted by molar-refractivity contribution is 6.36. The molecule has 1 atom stereocenters. The molecule has 0 radical (unpaired) electrons. The van der Waals surface area contributed by atoms with Crippen LogP contribution < -0.4 is 4.74 Å². The number of benzene rings is 2. The Labute approximate surface area is 194 Å². The summed E-state index contributed by atoms with van der Waals surface area (Å²) in [5.41, 5.74) is 0.537. The zero-order valence-corrected chi connectivity index (χ0v) is 19.2. The van der Waals surface area contributed by atoms with Crippen molar-refractivity contribution in [3.8, 4) is 5.75 Å². The van der Waals surface area contributed by atoms with Gasteiger partial charge in [-0.1, -0.05) is 41.4 Å². The highest BCUT2D eigenvalue weighted by Gasteiger charge is 2.30. The molecule has 2 aromatic rings. The summed E-state index contributed by atoms with van der Waals surface area (Å²) in [6, 6.07) is 15.5. The van der Waals surface area contributed by atoms with E-state index in [1.54, 1.807) is 18.2 Å². The molecule has 0 bridgehead atoms. The average Bonchev–Trinajstić information content (AvgIpc) is 2.80. The summed E-state index contributed by atoms with van der Waals surface area (Å²) >= 11 is 12.2. The summed E-state index contributed by atoms with van der Waals surface area (Å²) in [6.07, 6.45) is 2.15. The van der Waals surface area contributed by atoms with Crippen LogP contribution in [0.25, 0.3) is 0 Å². The summed E-state index contributed by atoms with van der Waals surface area (Å²) in [6.45, 7) is 7.31. The van der Waals surface area contributed by atoms with Crippen molar-refractivity contribution in [2.75, 3.05) is 52.4 Å². The minimum absolute atomic E-state index is 0.00284. The fourth-order valence-corrected chi connectivity index (χ4v) is 4.92. The SMILES string of the molecule is O=C(c1ccc(Cl)cc1Cl)N1CCCC(N2CCN(CCOc3ccccc3)CC2)C1. The Morgan fingerprint density at radius 2 is 1.77 bits per heavy atom. The van der Waals surface area contributed by atoms with Gasteiger partial charge in [0.05, 0.1) is 10.6 Å². The van der Waals surface area contributed by atoms with Gasteiger partial charge in [0.15, 0.2) is 0 Å². The molecule has 2 heterocycles. The molecule has 0 saturated carbocycles. The number of halogens is 2. The molecule has 2 saturated heterocycles. The van der Waals surface area contributed by atoms with Crippen LogP contribution in [0.15, 0.2) is 48.5 Å². The maximum atomic E-state index is 13.0. The zero-order chi connectivity index (χ0) is 21.6. The Bertz CT molecular complexity index is 872. The van der Waals surface area contributed by atoms with Crippen LogP contribution in [0.5, 0.6) is 5.75 Å². The monoisotopic (exact) mass is 461 g/mol. The summed E-state index contributed by atoms with van der Waals surface area (Å²) < 4.78 is 5.83. The molecule has 2 aliphatic heterocycles. The van der Waals surface area contributed by atoms with E-state index < -0.39 is 0 Å². The number of piperidine rings is 1. The van der Waals surface area contributed by atoms with Crippen LogP contribution >= 0.6 is 23.2 Å². The van der Waals surface area contributed by atoms with Crippen LogP contribution in [0, 0.1) is 0 Å². The molecule has 2 fully saturated rings. The van der Waals surface area contributed by atoms with Crippen molar-refractivity contribution in [1.82, 2.24) is 14.7 Å². The molecule has 0 spiro atoms. The number of amides is 1. The first-order chi connectivity index (χ1) is 15.1. The molecule has 2 aromatic carbocycles. The van der Waals surface area contributed by atoms with Gasteiger partial charge in [-0.15, -0.1) is 0 Å². The number of nitrogens with zero attached hydrogens (tertiary/aromatic N) is 3. The van der Waals surface area contributed by atoms with Gasteiger partial charge in [-0.05, 0) is 43.2 Å². The Morgan fingerprint density at radius 1 is 1.00 bits per heavy atom. The van der Waals surface area contributed by atoms with Crippen molar-refractivity contribution in [3.63, 3.8) is 0 Å². The van der Waals surface area contributed by atoms with E-state index in [-0.39, 0.29) is 5.91 Å². The van der Waals surface area contributed by atoms with E-state index >= 15 is 0 Å². The Hall–Kier alpha value is -1.79. The summed E-state index contributed by atoms with van der Waals surface area (Å²) in [5.74, 6) is 0.928. The fraction of sp³-hybridized carbons (Fsp3) is 0.458. The van der Waals surface area contributed by atoms with Gasteiger partial charge in [0.1, 0.15) is 12.4 Å². The van der Waals surface area contributed by atoms with Crippen LogP contribution in [0.1, 0.15) is 23.2 Å². The van der Waals surface area contributed by atoms with E-state index in [9.17, 15) is 4.79 Å².